The van der Waals surface area contributed by atoms with E-state index in [2.05, 4.69) is 6.92 Å². The molecule has 0 radical (unpaired) electrons. The summed E-state index contributed by atoms with van der Waals surface area (Å²) in [6.45, 7) is 4.31. The second-order valence-corrected chi connectivity index (χ2v) is 6.38. The van der Waals surface area contributed by atoms with Gasteiger partial charge in [-0.25, -0.2) is 0 Å². The molecule has 0 saturated carbocycles. The molecule has 0 fully saturated rings. The molecule has 1 N–H and O–H groups in total. The molecule has 0 rings (SSSR count). The maximum atomic E-state index is 10.5. The molecule has 2 heteroatoms. The van der Waals surface area contributed by atoms with Crippen molar-refractivity contribution in [2.75, 3.05) is 0 Å². The van der Waals surface area contributed by atoms with Gasteiger partial charge in [-0.3, -0.25) is 4.79 Å². The summed E-state index contributed by atoms with van der Waals surface area (Å²) in [6.07, 6.45) is 17.8. The monoisotopic (exact) mass is 284 g/mol. The molecule has 0 aliphatic heterocycles. The minimum atomic E-state index is -0.656. The van der Waals surface area contributed by atoms with Crippen LogP contribution in [-0.2, 0) is 4.79 Å². The summed E-state index contributed by atoms with van der Waals surface area (Å²) in [4.78, 5) is 10.5. The van der Waals surface area contributed by atoms with Crippen LogP contribution in [0.15, 0.2) is 0 Å². The number of rotatable bonds is 15. The standard InChI is InChI=1S/C18H36O2/c1-3-4-5-6-7-8-9-10-11-12-13-14-15-17(2)16-18(19)20/h17H,3-16H2,1-2H3,(H,19,20). The molecule has 20 heavy (non-hydrogen) atoms. The Morgan fingerprint density at radius 1 is 0.800 bits per heavy atom. The van der Waals surface area contributed by atoms with E-state index in [9.17, 15) is 4.79 Å². The average molecular weight is 284 g/mol. The summed E-state index contributed by atoms with van der Waals surface area (Å²) in [6, 6.07) is 0. The summed E-state index contributed by atoms with van der Waals surface area (Å²) < 4.78 is 0. The number of aliphatic carboxylic acids is 1. The minimum absolute atomic E-state index is 0.331. The lowest BCUT2D eigenvalue weighted by molar-refractivity contribution is -0.138. The summed E-state index contributed by atoms with van der Waals surface area (Å²) in [5, 5.41) is 8.68. The van der Waals surface area contributed by atoms with E-state index in [0.29, 0.717) is 12.3 Å². The number of hydrogen-bond acceptors (Lipinski definition) is 1. The Labute approximate surface area is 126 Å². The highest BCUT2D eigenvalue weighted by Gasteiger charge is 2.06. The molecule has 1 atom stereocenters. The molecule has 1 unspecified atom stereocenters. The fourth-order valence-electron chi connectivity index (χ4n) is 2.73. The van der Waals surface area contributed by atoms with Crippen molar-refractivity contribution in [3.05, 3.63) is 0 Å². The number of hydrogen-bond donors (Lipinski definition) is 1. The molecule has 0 aliphatic carbocycles. The Kier molecular flexibility index (Phi) is 14.5. The average Bonchev–Trinajstić information content (AvgIpc) is 2.39. The summed E-state index contributed by atoms with van der Waals surface area (Å²) in [7, 11) is 0. The van der Waals surface area contributed by atoms with Gasteiger partial charge in [-0.2, -0.15) is 0 Å². The number of carboxylic acid groups (broad SMARTS) is 1. The Morgan fingerprint density at radius 2 is 1.20 bits per heavy atom. The van der Waals surface area contributed by atoms with E-state index in [1.165, 1.54) is 77.0 Å². The first-order valence-corrected chi connectivity index (χ1v) is 8.88. The van der Waals surface area contributed by atoms with Gasteiger partial charge in [0.25, 0.3) is 0 Å². The Hall–Kier alpha value is -0.530. The van der Waals surface area contributed by atoms with Crippen LogP contribution in [0, 0.1) is 5.92 Å². The topological polar surface area (TPSA) is 37.3 Å². The van der Waals surface area contributed by atoms with Gasteiger partial charge in [0.05, 0.1) is 0 Å². The van der Waals surface area contributed by atoms with Crippen molar-refractivity contribution in [1.29, 1.82) is 0 Å². The van der Waals surface area contributed by atoms with E-state index in [-0.39, 0.29) is 0 Å². The predicted molar refractivity (Wildman–Crippen MR) is 87.1 cm³/mol. The molecule has 0 saturated heterocycles. The summed E-state index contributed by atoms with van der Waals surface area (Å²) in [5.74, 6) is -0.313. The first-order chi connectivity index (χ1) is 9.66. The molecule has 0 amide bonds. The van der Waals surface area contributed by atoms with Crippen LogP contribution < -0.4 is 0 Å². The fourth-order valence-corrected chi connectivity index (χ4v) is 2.73. The van der Waals surface area contributed by atoms with Crippen molar-refractivity contribution in [2.24, 2.45) is 5.92 Å². The van der Waals surface area contributed by atoms with Crippen LogP contribution in [0.1, 0.15) is 104 Å². The SMILES string of the molecule is CCCCCCCCCCCCCCC(C)CC(=O)O. The molecule has 0 aromatic rings. The largest absolute Gasteiger partial charge is 0.481 e. The van der Waals surface area contributed by atoms with Crippen LogP contribution in [0.25, 0.3) is 0 Å². The van der Waals surface area contributed by atoms with Crippen LogP contribution in [0.4, 0.5) is 0 Å². The third-order valence-corrected chi connectivity index (χ3v) is 4.07. The van der Waals surface area contributed by atoms with E-state index in [1.54, 1.807) is 0 Å². The lowest BCUT2D eigenvalue weighted by Crippen LogP contribution is -2.03. The van der Waals surface area contributed by atoms with Gasteiger partial charge in [-0.05, 0) is 5.92 Å². The first kappa shape index (κ1) is 19.5. The highest BCUT2D eigenvalue weighted by molar-refractivity contribution is 5.66. The van der Waals surface area contributed by atoms with Crippen molar-refractivity contribution in [1.82, 2.24) is 0 Å². The van der Waals surface area contributed by atoms with E-state index >= 15 is 0 Å². The molecule has 0 aromatic carbocycles. The quantitative estimate of drug-likeness (QED) is 0.364. The molecule has 2 nitrogen and oxygen atoms in total. The zero-order valence-corrected chi connectivity index (χ0v) is 13.8. The molecule has 0 bridgehead atoms. The van der Waals surface area contributed by atoms with E-state index in [1.807, 2.05) is 6.92 Å². The summed E-state index contributed by atoms with van der Waals surface area (Å²) in [5.41, 5.74) is 0. The zero-order valence-electron chi connectivity index (χ0n) is 13.8. The normalized spacial score (nSPS) is 12.5. The Morgan fingerprint density at radius 3 is 1.60 bits per heavy atom. The fraction of sp³-hybridized carbons (Fsp3) is 0.944. The summed E-state index contributed by atoms with van der Waals surface area (Å²) >= 11 is 0. The second kappa shape index (κ2) is 14.9. The van der Waals surface area contributed by atoms with Gasteiger partial charge in [0.1, 0.15) is 0 Å². The second-order valence-electron chi connectivity index (χ2n) is 6.38. The highest BCUT2D eigenvalue weighted by atomic mass is 16.4. The molecule has 0 aromatic heterocycles. The maximum Gasteiger partial charge on any atom is 0.303 e. The third-order valence-electron chi connectivity index (χ3n) is 4.07. The minimum Gasteiger partial charge on any atom is -0.481 e. The first-order valence-electron chi connectivity index (χ1n) is 8.88. The Balaban J connectivity index is 3.08. The van der Waals surface area contributed by atoms with Gasteiger partial charge in [0, 0.05) is 6.42 Å². The van der Waals surface area contributed by atoms with E-state index in [0.717, 1.165) is 6.42 Å². The molecule has 0 heterocycles. The van der Waals surface area contributed by atoms with Crippen molar-refractivity contribution in [3.8, 4) is 0 Å². The van der Waals surface area contributed by atoms with Crippen LogP contribution >= 0.6 is 0 Å². The number of carbonyl (C=O) groups is 1. The lowest BCUT2D eigenvalue weighted by Gasteiger charge is -2.07. The van der Waals surface area contributed by atoms with E-state index < -0.39 is 5.97 Å². The molecule has 120 valence electrons. The smallest absolute Gasteiger partial charge is 0.303 e. The van der Waals surface area contributed by atoms with Gasteiger partial charge < -0.3 is 5.11 Å². The van der Waals surface area contributed by atoms with Crippen LogP contribution in [0.2, 0.25) is 0 Å². The van der Waals surface area contributed by atoms with Crippen molar-refractivity contribution in [2.45, 2.75) is 104 Å². The van der Waals surface area contributed by atoms with Crippen molar-refractivity contribution < 1.29 is 9.90 Å². The van der Waals surface area contributed by atoms with E-state index in [4.69, 9.17) is 5.11 Å². The molecule has 0 spiro atoms. The Bertz CT molecular complexity index is 213. The highest BCUT2D eigenvalue weighted by Crippen LogP contribution is 2.15. The van der Waals surface area contributed by atoms with Gasteiger partial charge in [0.2, 0.25) is 0 Å². The predicted octanol–water partition coefficient (Wildman–Crippen LogP) is 6.19. The maximum absolute atomic E-state index is 10.5. The van der Waals surface area contributed by atoms with Crippen molar-refractivity contribution in [3.63, 3.8) is 0 Å². The molecule has 0 aliphatic rings. The molecular formula is C18H36O2. The van der Waals surface area contributed by atoms with Crippen molar-refractivity contribution >= 4 is 5.97 Å². The zero-order chi connectivity index (χ0) is 15.1. The van der Waals surface area contributed by atoms with Crippen LogP contribution in [0.5, 0.6) is 0 Å². The van der Waals surface area contributed by atoms with Crippen LogP contribution in [0.3, 0.4) is 0 Å². The van der Waals surface area contributed by atoms with Gasteiger partial charge >= 0.3 is 5.97 Å². The van der Waals surface area contributed by atoms with Gasteiger partial charge in [-0.1, -0.05) is 97.3 Å². The lowest BCUT2D eigenvalue weighted by atomic mass is 9.99. The van der Waals surface area contributed by atoms with Gasteiger partial charge in [0.15, 0.2) is 0 Å². The molecular weight excluding hydrogens is 248 g/mol. The third kappa shape index (κ3) is 15.5. The van der Waals surface area contributed by atoms with Crippen LogP contribution in [-0.4, -0.2) is 11.1 Å². The number of unbranched alkanes of at least 4 members (excludes halogenated alkanes) is 11. The number of carboxylic acids is 1. The van der Waals surface area contributed by atoms with Gasteiger partial charge in [-0.15, -0.1) is 0 Å².